The van der Waals surface area contributed by atoms with Crippen molar-refractivity contribution < 1.29 is 4.74 Å². The van der Waals surface area contributed by atoms with Crippen LogP contribution in [0.1, 0.15) is 26.7 Å². The van der Waals surface area contributed by atoms with E-state index in [9.17, 15) is 0 Å². The van der Waals surface area contributed by atoms with Crippen LogP contribution in [0.15, 0.2) is 29.4 Å². The molecule has 1 atom stereocenters. The molecule has 2 heterocycles. The summed E-state index contributed by atoms with van der Waals surface area (Å²) in [5.41, 5.74) is 0. The van der Waals surface area contributed by atoms with Crippen molar-refractivity contribution in [2.24, 2.45) is 10.9 Å². The van der Waals surface area contributed by atoms with E-state index in [1.807, 2.05) is 25.2 Å². The van der Waals surface area contributed by atoms with Gasteiger partial charge in [0.1, 0.15) is 5.82 Å². The lowest BCUT2D eigenvalue weighted by molar-refractivity contribution is -0.0284. The van der Waals surface area contributed by atoms with Gasteiger partial charge >= 0.3 is 0 Å². The SMILES string of the molecule is CN=C(NCCCCNc1ccccn1)NCC1CN(CC(C)C)CCO1. The Morgan fingerprint density at radius 1 is 1.30 bits per heavy atom. The number of aromatic nitrogens is 1. The summed E-state index contributed by atoms with van der Waals surface area (Å²) in [5, 5.41) is 10.1. The molecule has 1 aliphatic heterocycles. The topological polar surface area (TPSA) is 73.8 Å². The number of ether oxygens (including phenoxy) is 1. The first-order valence-electron chi connectivity index (χ1n) is 10.1. The second kappa shape index (κ2) is 12.5. The average molecular weight is 377 g/mol. The molecule has 0 aliphatic carbocycles. The molecular formula is C20H36N6O. The van der Waals surface area contributed by atoms with E-state index in [-0.39, 0.29) is 6.10 Å². The molecule has 1 fully saturated rings. The molecule has 1 aromatic heterocycles. The third-order valence-corrected chi connectivity index (χ3v) is 4.43. The fourth-order valence-corrected chi connectivity index (χ4v) is 3.16. The van der Waals surface area contributed by atoms with Crippen molar-refractivity contribution in [3.05, 3.63) is 24.4 Å². The first-order valence-corrected chi connectivity index (χ1v) is 10.1. The fourth-order valence-electron chi connectivity index (χ4n) is 3.16. The second-order valence-corrected chi connectivity index (χ2v) is 7.37. The van der Waals surface area contributed by atoms with Crippen molar-refractivity contribution in [3.63, 3.8) is 0 Å². The number of hydrogen-bond donors (Lipinski definition) is 3. The minimum atomic E-state index is 0.221. The summed E-state index contributed by atoms with van der Waals surface area (Å²) in [6.45, 7) is 11.1. The van der Waals surface area contributed by atoms with Crippen LogP contribution in [0.5, 0.6) is 0 Å². The minimum absolute atomic E-state index is 0.221. The number of anilines is 1. The monoisotopic (exact) mass is 376 g/mol. The molecular weight excluding hydrogens is 340 g/mol. The summed E-state index contributed by atoms with van der Waals surface area (Å²) in [6, 6.07) is 5.90. The van der Waals surface area contributed by atoms with Gasteiger partial charge in [-0.25, -0.2) is 4.98 Å². The summed E-state index contributed by atoms with van der Waals surface area (Å²) in [6.07, 6.45) is 4.18. The lowest BCUT2D eigenvalue weighted by Crippen LogP contribution is -2.50. The molecule has 0 spiro atoms. The first kappa shape index (κ1) is 21.4. The standard InChI is InChI=1S/C20H36N6O/c1-17(2)15-26-12-13-27-18(16-26)14-25-20(21-3)24-11-7-6-10-23-19-8-4-5-9-22-19/h4-5,8-9,17-18H,6-7,10-16H2,1-3H3,(H,22,23)(H2,21,24,25). The molecule has 152 valence electrons. The predicted octanol–water partition coefficient (Wildman–Crippen LogP) is 1.80. The highest BCUT2D eigenvalue weighted by Gasteiger charge is 2.20. The maximum absolute atomic E-state index is 5.88. The zero-order valence-electron chi connectivity index (χ0n) is 17.1. The van der Waals surface area contributed by atoms with Crippen LogP contribution in [0.2, 0.25) is 0 Å². The number of nitrogens with one attached hydrogen (secondary N) is 3. The molecule has 2 rings (SSSR count). The van der Waals surface area contributed by atoms with E-state index in [0.29, 0.717) is 5.92 Å². The Labute approximate surface area is 164 Å². The van der Waals surface area contributed by atoms with Crippen LogP contribution in [0.3, 0.4) is 0 Å². The van der Waals surface area contributed by atoms with E-state index in [2.05, 4.69) is 44.7 Å². The first-order chi connectivity index (χ1) is 13.2. The maximum atomic E-state index is 5.88. The highest BCUT2D eigenvalue weighted by Crippen LogP contribution is 2.07. The smallest absolute Gasteiger partial charge is 0.191 e. The van der Waals surface area contributed by atoms with Crippen LogP contribution in [0.25, 0.3) is 0 Å². The van der Waals surface area contributed by atoms with Crippen molar-refractivity contribution in [1.29, 1.82) is 0 Å². The number of aliphatic imine (C=N–C) groups is 1. The lowest BCUT2D eigenvalue weighted by Gasteiger charge is -2.34. The van der Waals surface area contributed by atoms with Gasteiger partial charge in [0, 0.05) is 52.5 Å². The van der Waals surface area contributed by atoms with Crippen molar-refractivity contribution in [2.45, 2.75) is 32.8 Å². The van der Waals surface area contributed by atoms with Gasteiger partial charge in [-0.05, 0) is 30.9 Å². The Balaban J connectivity index is 1.55. The Morgan fingerprint density at radius 2 is 2.15 bits per heavy atom. The van der Waals surface area contributed by atoms with Gasteiger partial charge in [0.25, 0.3) is 0 Å². The molecule has 0 saturated carbocycles. The van der Waals surface area contributed by atoms with Crippen LogP contribution >= 0.6 is 0 Å². The van der Waals surface area contributed by atoms with Gasteiger partial charge in [0.2, 0.25) is 0 Å². The Morgan fingerprint density at radius 3 is 2.89 bits per heavy atom. The molecule has 1 aromatic rings. The van der Waals surface area contributed by atoms with E-state index in [1.165, 1.54) is 0 Å². The molecule has 1 aliphatic rings. The van der Waals surface area contributed by atoms with Crippen molar-refractivity contribution in [2.75, 3.05) is 58.2 Å². The van der Waals surface area contributed by atoms with E-state index in [4.69, 9.17) is 4.74 Å². The fraction of sp³-hybridized carbons (Fsp3) is 0.700. The number of morpholine rings is 1. The van der Waals surface area contributed by atoms with Crippen LogP contribution < -0.4 is 16.0 Å². The molecule has 1 unspecified atom stereocenters. The molecule has 3 N–H and O–H groups in total. The number of guanidine groups is 1. The van der Waals surface area contributed by atoms with Gasteiger partial charge in [0.15, 0.2) is 5.96 Å². The molecule has 7 heteroatoms. The molecule has 0 radical (unpaired) electrons. The van der Waals surface area contributed by atoms with Crippen LogP contribution in [-0.2, 0) is 4.74 Å². The average Bonchev–Trinajstić information content (AvgIpc) is 2.67. The molecule has 1 saturated heterocycles. The van der Waals surface area contributed by atoms with Crippen molar-refractivity contribution in [3.8, 4) is 0 Å². The largest absolute Gasteiger partial charge is 0.374 e. The molecule has 0 bridgehead atoms. The molecule has 27 heavy (non-hydrogen) atoms. The highest BCUT2D eigenvalue weighted by atomic mass is 16.5. The number of pyridine rings is 1. The Kier molecular flexibility index (Phi) is 9.94. The number of hydrogen-bond acceptors (Lipinski definition) is 5. The van der Waals surface area contributed by atoms with Crippen molar-refractivity contribution in [1.82, 2.24) is 20.5 Å². The number of rotatable bonds is 10. The summed E-state index contributed by atoms with van der Waals surface area (Å²) < 4.78 is 5.88. The van der Waals surface area contributed by atoms with Gasteiger partial charge in [0.05, 0.1) is 12.7 Å². The summed E-state index contributed by atoms with van der Waals surface area (Å²) in [4.78, 5) is 11.1. The minimum Gasteiger partial charge on any atom is -0.374 e. The summed E-state index contributed by atoms with van der Waals surface area (Å²) in [5.74, 6) is 2.47. The molecule has 0 amide bonds. The normalized spacial score (nSPS) is 18.5. The maximum Gasteiger partial charge on any atom is 0.191 e. The zero-order chi connectivity index (χ0) is 19.3. The Bertz CT molecular complexity index is 537. The third-order valence-electron chi connectivity index (χ3n) is 4.43. The molecule has 7 nitrogen and oxygen atoms in total. The second-order valence-electron chi connectivity index (χ2n) is 7.37. The van der Waals surface area contributed by atoms with Gasteiger partial charge in [-0.1, -0.05) is 19.9 Å². The molecule has 0 aromatic carbocycles. The highest BCUT2D eigenvalue weighted by molar-refractivity contribution is 5.79. The van der Waals surface area contributed by atoms with E-state index >= 15 is 0 Å². The quantitative estimate of drug-likeness (QED) is 0.328. The van der Waals surface area contributed by atoms with Gasteiger partial charge < -0.3 is 20.7 Å². The van der Waals surface area contributed by atoms with Gasteiger partial charge in [-0.3, -0.25) is 9.89 Å². The van der Waals surface area contributed by atoms with E-state index in [0.717, 1.165) is 70.5 Å². The van der Waals surface area contributed by atoms with Gasteiger partial charge in [-0.2, -0.15) is 0 Å². The van der Waals surface area contributed by atoms with Crippen LogP contribution in [0, 0.1) is 5.92 Å². The predicted molar refractivity (Wildman–Crippen MR) is 112 cm³/mol. The number of unbranched alkanes of at least 4 members (excludes halogenated alkanes) is 1. The Hall–Kier alpha value is -1.86. The van der Waals surface area contributed by atoms with E-state index in [1.54, 1.807) is 6.20 Å². The third kappa shape index (κ3) is 9.06. The summed E-state index contributed by atoms with van der Waals surface area (Å²) >= 11 is 0. The van der Waals surface area contributed by atoms with E-state index < -0.39 is 0 Å². The zero-order valence-corrected chi connectivity index (χ0v) is 17.1. The van der Waals surface area contributed by atoms with Crippen LogP contribution in [0.4, 0.5) is 5.82 Å². The summed E-state index contributed by atoms with van der Waals surface area (Å²) in [7, 11) is 1.81. The van der Waals surface area contributed by atoms with Crippen molar-refractivity contribution >= 4 is 11.8 Å². The number of nitrogens with zero attached hydrogens (tertiary/aromatic N) is 3. The van der Waals surface area contributed by atoms with Gasteiger partial charge in [-0.15, -0.1) is 0 Å². The lowest BCUT2D eigenvalue weighted by atomic mass is 10.2. The van der Waals surface area contributed by atoms with Crippen LogP contribution in [-0.4, -0.2) is 74.9 Å².